The quantitative estimate of drug-likeness (QED) is 0.809. The Morgan fingerprint density at radius 3 is 2.68 bits per heavy atom. The van der Waals surface area contributed by atoms with Crippen molar-refractivity contribution in [3.05, 3.63) is 29.8 Å². The normalized spacial score (nSPS) is 35.7. The number of rotatable bonds is 1. The number of carbonyl (C=O) groups excluding carboxylic acids is 2. The lowest BCUT2D eigenvalue weighted by molar-refractivity contribution is -0.178. The van der Waals surface area contributed by atoms with E-state index in [0.29, 0.717) is 6.04 Å². The standard InChI is InChI=1S/C22H27N3O3/c26-19(24-11-7-21(8-12-24)9-13-28-21)17-14-15-4-3-10-25(15)22(17)16-5-1-2-6-18(16)23-20(22)27/h1-2,5-6,15,17H,3-4,7-14H2,(H,23,27)/t15-,17-,22+/m1/s1. The third kappa shape index (κ3) is 2.05. The molecule has 0 aromatic heterocycles. The summed E-state index contributed by atoms with van der Waals surface area (Å²) in [6.45, 7) is 3.25. The fourth-order valence-corrected chi connectivity index (χ4v) is 6.50. The first-order chi connectivity index (χ1) is 13.6. The molecule has 2 amide bonds. The number of fused-ring (bicyclic) bond motifs is 4. The van der Waals surface area contributed by atoms with Crippen molar-refractivity contribution in [2.45, 2.75) is 55.7 Å². The summed E-state index contributed by atoms with van der Waals surface area (Å²) in [7, 11) is 0. The van der Waals surface area contributed by atoms with Crippen molar-refractivity contribution in [3.63, 3.8) is 0 Å². The smallest absolute Gasteiger partial charge is 0.250 e. The van der Waals surface area contributed by atoms with Crippen LogP contribution in [0, 0.1) is 5.92 Å². The molecule has 1 N–H and O–H groups in total. The minimum atomic E-state index is -0.822. The number of carbonyl (C=O) groups is 2. The molecule has 0 radical (unpaired) electrons. The maximum atomic E-state index is 13.7. The number of anilines is 1. The Kier molecular flexibility index (Phi) is 3.52. The number of para-hydroxylation sites is 1. The van der Waals surface area contributed by atoms with E-state index in [1.54, 1.807) is 0 Å². The number of nitrogens with zero attached hydrogens (tertiary/aromatic N) is 2. The van der Waals surface area contributed by atoms with E-state index in [-0.39, 0.29) is 23.3 Å². The molecule has 0 aliphatic carbocycles. The highest BCUT2D eigenvalue weighted by Gasteiger charge is 2.66. The van der Waals surface area contributed by atoms with Gasteiger partial charge in [0.05, 0.1) is 18.1 Å². The maximum Gasteiger partial charge on any atom is 0.250 e. The van der Waals surface area contributed by atoms with Crippen LogP contribution in [-0.2, 0) is 19.9 Å². The van der Waals surface area contributed by atoms with E-state index < -0.39 is 5.54 Å². The molecule has 6 heteroatoms. The van der Waals surface area contributed by atoms with E-state index in [1.807, 2.05) is 29.2 Å². The van der Waals surface area contributed by atoms with Gasteiger partial charge in [-0.1, -0.05) is 18.2 Å². The second-order valence-corrected chi connectivity index (χ2v) is 9.15. The van der Waals surface area contributed by atoms with Gasteiger partial charge in [0.15, 0.2) is 0 Å². The van der Waals surface area contributed by atoms with Gasteiger partial charge in [0.25, 0.3) is 0 Å². The Morgan fingerprint density at radius 2 is 1.93 bits per heavy atom. The monoisotopic (exact) mass is 381 g/mol. The summed E-state index contributed by atoms with van der Waals surface area (Å²) in [5.41, 5.74) is 1.08. The first kappa shape index (κ1) is 17.0. The first-order valence-electron chi connectivity index (χ1n) is 10.7. The Morgan fingerprint density at radius 1 is 1.14 bits per heavy atom. The molecule has 4 saturated heterocycles. The summed E-state index contributed by atoms with van der Waals surface area (Å²) < 4.78 is 5.82. The van der Waals surface area contributed by atoms with Crippen LogP contribution in [0.25, 0.3) is 0 Å². The minimum absolute atomic E-state index is 0.00717. The highest BCUT2D eigenvalue weighted by Crippen LogP contribution is 2.55. The Balaban J connectivity index is 1.36. The van der Waals surface area contributed by atoms with Gasteiger partial charge >= 0.3 is 0 Å². The predicted molar refractivity (Wildman–Crippen MR) is 104 cm³/mol. The average Bonchev–Trinajstić information content (AvgIpc) is 3.35. The minimum Gasteiger partial charge on any atom is -0.375 e. The van der Waals surface area contributed by atoms with Crippen molar-refractivity contribution in [2.75, 3.05) is 31.6 Å². The van der Waals surface area contributed by atoms with Gasteiger partial charge in [-0.25, -0.2) is 0 Å². The zero-order valence-corrected chi connectivity index (χ0v) is 16.2. The van der Waals surface area contributed by atoms with Crippen LogP contribution in [0.1, 0.15) is 44.1 Å². The molecule has 5 aliphatic heterocycles. The Labute approximate surface area is 165 Å². The van der Waals surface area contributed by atoms with Crippen molar-refractivity contribution in [3.8, 4) is 0 Å². The van der Waals surface area contributed by atoms with Gasteiger partial charge in [-0.2, -0.15) is 0 Å². The van der Waals surface area contributed by atoms with Crippen LogP contribution in [0.3, 0.4) is 0 Å². The maximum absolute atomic E-state index is 13.7. The summed E-state index contributed by atoms with van der Waals surface area (Å²) in [6.07, 6.45) is 5.94. The molecule has 6 nitrogen and oxygen atoms in total. The lowest BCUT2D eigenvalue weighted by Crippen LogP contribution is -2.58. The summed E-state index contributed by atoms with van der Waals surface area (Å²) in [4.78, 5) is 31.5. The molecule has 4 fully saturated rings. The molecule has 1 aromatic carbocycles. The molecule has 3 atom stereocenters. The third-order valence-corrected chi connectivity index (χ3v) is 8.02. The van der Waals surface area contributed by atoms with Gasteiger partial charge in [-0.15, -0.1) is 0 Å². The zero-order valence-electron chi connectivity index (χ0n) is 16.2. The van der Waals surface area contributed by atoms with Gasteiger partial charge < -0.3 is 15.0 Å². The fourth-order valence-electron chi connectivity index (χ4n) is 6.50. The summed E-state index contributed by atoms with van der Waals surface area (Å²) in [5.74, 6) is -0.138. The molecule has 0 unspecified atom stereocenters. The fraction of sp³-hybridized carbons (Fsp3) is 0.636. The van der Waals surface area contributed by atoms with Crippen LogP contribution < -0.4 is 5.32 Å². The molecule has 148 valence electrons. The second-order valence-electron chi connectivity index (χ2n) is 9.15. The summed E-state index contributed by atoms with van der Waals surface area (Å²) >= 11 is 0. The molecule has 1 aromatic rings. The molecule has 0 bridgehead atoms. The van der Waals surface area contributed by atoms with Gasteiger partial charge in [0.1, 0.15) is 5.54 Å². The van der Waals surface area contributed by atoms with Crippen molar-refractivity contribution < 1.29 is 14.3 Å². The molecule has 2 spiro atoms. The van der Waals surface area contributed by atoms with E-state index in [4.69, 9.17) is 4.74 Å². The molecular formula is C22H27N3O3. The first-order valence-corrected chi connectivity index (χ1v) is 10.7. The third-order valence-electron chi connectivity index (χ3n) is 8.02. The summed E-state index contributed by atoms with van der Waals surface area (Å²) in [5, 5.41) is 3.09. The van der Waals surface area contributed by atoms with E-state index in [9.17, 15) is 9.59 Å². The Hall–Kier alpha value is -1.92. The van der Waals surface area contributed by atoms with Crippen molar-refractivity contribution in [2.24, 2.45) is 5.92 Å². The highest BCUT2D eigenvalue weighted by molar-refractivity contribution is 6.09. The van der Waals surface area contributed by atoms with Gasteiger partial charge in [-0.3, -0.25) is 14.5 Å². The second kappa shape index (κ2) is 5.80. The lowest BCUT2D eigenvalue weighted by Gasteiger charge is -2.48. The van der Waals surface area contributed by atoms with Crippen LogP contribution in [-0.4, -0.2) is 59.5 Å². The number of hydrogen-bond acceptors (Lipinski definition) is 4. The van der Waals surface area contributed by atoms with Crippen LogP contribution >= 0.6 is 0 Å². The van der Waals surface area contributed by atoms with Crippen LogP contribution in [0.15, 0.2) is 24.3 Å². The SMILES string of the molecule is O=C([C@H]1C[C@H]2CCCN2[C@]12C(=O)Nc1ccccc12)N1CCC2(CCO2)CC1. The topological polar surface area (TPSA) is 61.9 Å². The van der Waals surface area contributed by atoms with Gasteiger partial charge in [0, 0.05) is 30.4 Å². The molecule has 0 saturated carbocycles. The van der Waals surface area contributed by atoms with E-state index in [0.717, 1.165) is 76.0 Å². The number of piperidine rings is 1. The highest BCUT2D eigenvalue weighted by atomic mass is 16.5. The van der Waals surface area contributed by atoms with Gasteiger partial charge in [0.2, 0.25) is 11.8 Å². The zero-order chi connectivity index (χ0) is 18.9. The van der Waals surface area contributed by atoms with E-state index in [1.165, 1.54) is 0 Å². The van der Waals surface area contributed by atoms with Gasteiger partial charge in [-0.05, 0) is 51.1 Å². The summed E-state index contributed by atoms with van der Waals surface area (Å²) in [6, 6.07) is 8.28. The molecule has 5 heterocycles. The molecule has 28 heavy (non-hydrogen) atoms. The lowest BCUT2D eigenvalue weighted by atomic mass is 9.77. The van der Waals surface area contributed by atoms with Crippen molar-refractivity contribution >= 4 is 17.5 Å². The number of hydrogen-bond donors (Lipinski definition) is 1. The number of benzene rings is 1. The van der Waals surface area contributed by atoms with Crippen LogP contribution in [0.2, 0.25) is 0 Å². The van der Waals surface area contributed by atoms with E-state index in [2.05, 4.69) is 10.2 Å². The average molecular weight is 381 g/mol. The molecule has 6 rings (SSSR count). The largest absolute Gasteiger partial charge is 0.375 e. The van der Waals surface area contributed by atoms with Crippen molar-refractivity contribution in [1.29, 1.82) is 0 Å². The van der Waals surface area contributed by atoms with Crippen molar-refractivity contribution in [1.82, 2.24) is 9.80 Å². The van der Waals surface area contributed by atoms with Crippen LogP contribution in [0.4, 0.5) is 5.69 Å². The number of nitrogens with one attached hydrogen (secondary N) is 1. The Bertz CT molecular complexity index is 841. The van der Waals surface area contributed by atoms with Crippen LogP contribution in [0.5, 0.6) is 0 Å². The number of ether oxygens (including phenoxy) is 1. The molecular weight excluding hydrogens is 354 g/mol. The predicted octanol–water partition coefficient (Wildman–Crippen LogP) is 2.10. The number of likely N-dealkylation sites (tertiary alicyclic amines) is 1. The number of amides is 2. The molecule has 5 aliphatic rings. The van der Waals surface area contributed by atoms with E-state index >= 15 is 0 Å².